The molecule has 3 aromatic rings. The minimum absolute atomic E-state index is 0.0583. The van der Waals surface area contributed by atoms with Crippen molar-refractivity contribution in [2.45, 2.75) is 31.8 Å². The summed E-state index contributed by atoms with van der Waals surface area (Å²) in [5.74, 6) is 0.990. The summed E-state index contributed by atoms with van der Waals surface area (Å²) >= 11 is 0. The fourth-order valence-electron chi connectivity index (χ4n) is 4.63. The van der Waals surface area contributed by atoms with E-state index in [2.05, 4.69) is 28.4 Å². The van der Waals surface area contributed by atoms with Crippen molar-refractivity contribution in [2.75, 3.05) is 27.3 Å². The van der Waals surface area contributed by atoms with Gasteiger partial charge in [-0.25, -0.2) is 4.39 Å². The van der Waals surface area contributed by atoms with Crippen molar-refractivity contribution in [2.24, 2.45) is 0 Å². The maximum Gasteiger partial charge on any atom is 0.234 e. The summed E-state index contributed by atoms with van der Waals surface area (Å²) in [6, 6.07) is 21.0. The van der Waals surface area contributed by atoms with Crippen molar-refractivity contribution in [3.63, 3.8) is 0 Å². The molecule has 1 atom stereocenters. The highest BCUT2D eigenvalue weighted by Gasteiger charge is 2.30. The van der Waals surface area contributed by atoms with Crippen molar-refractivity contribution in [1.82, 2.24) is 10.2 Å². The third-order valence-electron chi connectivity index (χ3n) is 6.44. The number of hydrogen-bond donors (Lipinski definition) is 1. The van der Waals surface area contributed by atoms with Crippen LogP contribution in [0.15, 0.2) is 66.7 Å². The largest absolute Gasteiger partial charge is 0.493 e. The van der Waals surface area contributed by atoms with E-state index in [0.717, 1.165) is 31.6 Å². The van der Waals surface area contributed by atoms with E-state index in [1.54, 1.807) is 32.4 Å². The van der Waals surface area contributed by atoms with Gasteiger partial charge in [0.25, 0.3) is 0 Å². The maximum atomic E-state index is 13.9. The van der Waals surface area contributed by atoms with Gasteiger partial charge >= 0.3 is 0 Å². The Labute approximate surface area is 200 Å². The standard InChI is InChI=1S/C28H31FN2O3/c1-33-26-16-21-14-15-31(19-28(32)30-18-22-10-6-7-11-24(22)29)25(23(21)17-27(26)34-2)13-12-20-8-4-3-5-9-20/h3-11,16-17,25H,12-15,18-19H2,1-2H3,(H,30,32). The molecule has 0 spiro atoms. The number of nitrogens with one attached hydrogen (secondary N) is 1. The fraction of sp³-hybridized carbons (Fsp3) is 0.321. The number of carbonyl (C=O) groups is 1. The molecule has 4 rings (SSSR count). The Kier molecular flexibility index (Phi) is 7.80. The minimum atomic E-state index is -0.309. The Morgan fingerprint density at radius 3 is 2.47 bits per heavy atom. The van der Waals surface area contributed by atoms with Gasteiger partial charge in [-0.2, -0.15) is 0 Å². The second-order valence-corrected chi connectivity index (χ2v) is 8.53. The van der Waals surface area contributed by atoms with Gasteiger partial charge in [-0.15, -0.1) is 0 Å². The molecule has 0 aliphatic carbocycles. The minimum Gasteiger partial charge on any atom is -0.493 e. The summed E-state index contributed by atoms with van der Waals surface area (Å²) in [6.07, 6.45) is 2.58. The molecular formula is C28H31FN2O3. The molecule has 34 heavy (non-hydrogen) atoms. The van der Waals surface area contributed by atoms with Crippen LogP contribution in [-0.2, 0) is 24.2 Å². The number of amides is 1. The molecule has 0 saturated carbocycles. The van der Waals surface area contributed by atoms with E-state index in [-0.39, 0.29) is 30.9 Å². The molecule has 1 amide bonds. The molecule has 0 fully saturated rings. The van der Waals surface area contributed by atoms with E-state index < -0.39 is 0 Å². The monoisotopic (exact) mass is 462 g/mol. The van der Waals surface area contributed by atoms with Crippen molar-refractivity contribution in [3.8, 4) is 11.5 Å². The molecule has 1 aliphatic heterocycles. The lowest BCUT2D eigenvalue weighted by molar-refractivity contribution is -0.123. The number of nitrogens with zero attached hydrogens (tertiary/aromatic N) is 1. The summed E-state index contributed by atoms with van der Waals surface area (Å²) < 4.78 is 25.0. The molecule has 0 bridgehead atoms. The quantitative estimate of drug-likeness (QED) is 0.501. The highest BCUT2D eigenvalue weighted by molar-refractivity contribution is 5.78. The number of aryl methyl sites for hydroxylation is 1. The van der Waals surface area contributed by atoms with Crippen molar-refractivity contribution in [1.29, 1.82) is 0 Å². The summed E-state index contributed by atoms with van der Waals surface area (Å²) in [7, 11) is 3.28. The van der Waals surface area contributed by atoms with Gasteiger partial charge in [0, 0.05) is 24.7 Å². The highest BCUT2D eigenvalue weighted by atomic mass is 19.1. The third kappa shape index (κ3) is 5.57. The van der Waals surface area contributed by atoms with Crippen molar-refractivity contribution in [3.05, 3.63) is 94.8 Å². The van der Waals surface area contributed by atoms with Crippen molar-refractivity contribution >= 4 is 5.91 Å². The molecule has 5 nitrogen and oxygen atoms in total. The topological polar surface area (TPSA) is 50.8 Å². The van der Waals surface area contributed by atoms with E-state index in [4.69, 9.17) is 9.47 Å². The van der Waals surface area contributed by atoms with E-state index >= 15 is 0 Å². The highest BCUT2D eigenvalue weighted by Crippen LogP contribution is 2.39. The second-order valence-electron chi connectivity index (χ2n) is 8.53. The molecule has 0 saturated heterocycles. The van der Waals surface area contributed by atoms with Crippen LogP contribution < -0.4 is 14.8 Å². The van der Waals surface area contributed by atoms with Crippen LogP contribution in [0, 0.1) is 5.82 Å². The molecule has 6 heteroatoms. The molecule has 0 aromatic heterocycles. The van der Waals surface area contributed by atoms with Crippen LogP contribution in [0.1, 0.15) is 34.7 Å². The zero-order valence-corrected chi connectivity index (χ0v) is 19.7. The predicted molar refractivity (Wildman–Crippen MR) is 131 cm³/mol. The third-order valence-corrected chi connectivity index (χ3v) is 6.44. The predicted octanol–water partition coefficient (Wildman–Crippen LogP) is 4.69. The summed E-state index contributed by atoms with van der Waals surface area (Å²) in [4.78, 5) is 15.0. The first kappa shape index (κ1) is 23.8. The van der Waals surface area contributed by atoms with Gasteiger partial charge in [0.05, 0.1) is 20.8 Å². The maximum absolute atomic E-state index is 13.9. The average Bonchev–Trinajstić information content (AvgIpc) is 2.87. The molecule has 1 N–H and O–H groups in total. The van der Waals surface area contributed by atoms with Gasteiger partial charge in [0.2, 0.25) is 5.91 Å². The Balaban J connectivity index is 1.52. The molecule has 0 radical (unpaired) electrons. The second kappa shape index (κ2) is 11.2. The molecule has 1 unspecified atom stereocenters. The number of methoxy groups -OCH3 is 2. The molecular weight excluding hydrogens is 431 g/mol. The molecule has 1 aliphatic rings. The number of hydrogen-bond acceptors (Lipinski definition) is 4. The SMILES string of the molecule is COc1cc2c(cc1OC)C(CCc1ccccc1)N(CC(=O)NCc1ccccc1F)CC2. The number of halogens is 1. The van der Waals surface area contributed by atoms with Crippen LogP contribution in [0.25, 0.3) is 0 Å². The Morgan fingerprint density at radius 1 is 1.03 bits per heavy atom. The van der Waals surface area contributed by atoms with Gasteiger partial charge in [-0.1, -0.05) is 48.5 Å². The zero-order valence-electron chi connectivity index (χ0n) is 19.7. The van der Waals surface area contributed by atoms with Gasteiger partial charge in [0.15, 0.2) is 11.5 Å². The van der Waals surface area contributed by atoms with Crippen LogP contribution in [0.2, 0.25) is 0 Å². The first-order chi connectivity index (χ1) is 16.6. The molecule has 178 valence electrons. The molecule has 3 aromatic carbocycles. The van der Waals surface area contributed by atoms with Gasteiger partial charge < -0.3 is 14.8 Å². The number of carbonyl (C=O) groups excluding carboxylic acids is 1. The van der Waals surface area contributed by atoms with Gasteiger partial charge in [0.1, 0.15) is 5.82 Å². The number of benzene rings is 3. The number of ether oxygens (including phenoxy) is 2. The first-order valence-corrected chi connectivity index (χ1v) is 11.6. The lowest BCUT2D eigenvalue weighted by Crippen LogP contribution is -2.42. The van der Waals surface area contributed by atoms with Crippen LogP contribution in [0.5, 0.6) is 11.5 Å². The lowest BCUT2D eigenvalue weighted by atomic mass is 9.88. The summed E-state index contributed by atoms with van der Waals surface area (Å²) in [6.45, 7) is 1.19. The smallest absolute Gasteiger partial charge is 0.234 e. The number of rotatable bonds is 9. The van der Waals surface area contributed by atoms with Gasteiger partial charge in [-0.3, -0.25) is 9.69 Å². The fourth-order valence-corrected chi connectivity index (χ4v) is 4.63. The zero-order chi connectivity index (χ0) is 23.9. The number of fused-ring (bicyclic) bond motifs is 1. The normalized spacial score (nSPS) is 15.4. The van der Waals surface area contributed by atoms with Crippen LogP contribution in [0.4, 0.5) is 4.39 Å². The summed E-state index contributed by atoms with van der Waals surface area (Å²) in [5, 5.41) is 2.88. The molecule has 1 heterocycles. The first-order valence-electron chi connectivity index (χ1n) is 11.6. The van der Waals surface area contributed by atoms with E-state index in [1.165, 1.54) is 22.8 Å². The van der Waals surface area contributed by atoms with E-state index in [1.807, 2.05) is 24.3 Å². The Hall–Kier alpha value is -3.38. The van der Waals surface area contributed by atoms with Crippen LogP contribution >= 0.6 is 0 Å². The van der Waals surface area contributed by atoms with Gasteiger partial charge in [-0.05, 0) is 54.2 Å². The van der Waals surface area contributed by atoms with Crippen LogP contribution in [-0.4, -0.2) is 38.1 Å². The van der Waals surface area contributed by atoms with Crippen LogP contribution in [0.3, 0.4) is 0 Å². The Morgan fingerprint density at radius 2 is 1.74 bits per heavy atom. The van der Waals surface area contributed by atoms with Crippen molar-refractivity contribution < 1.29 is 18.7 Å². The van der Waals surface area contributed by atoms with E-state index in [0.29, 0.717) is 11.3 Å². The van der Waals surface area contributed by atoms with E-state index in [9.17, 15) is 9.18 Å². The lowest BCUT2D eigenvalue weighted by Gasteiger charge is -2.37. The Bertz CT molecular complexity index is 1120. The summed E-state index contributed by atoms with van der Waals surface area (Å²) in [5.41, 5.74) is 4.14. The average molecular weight is 463 g/mol.